The molecular weight excluding hydrogens is 697 g/mol. The molecule has 0 aliphatic heterocycles. The normalized spacial score (nSPS) is 11.4. The third-order valence-electron chi connectivity index (χ3n) is 11.8. The van der Waals surface area contributed by atoms with E-state index in [9.17, 15) is 0 Å². The van der Waals surface area contributed by atoms with Crippen molar-refractivity contribution in [1.29, 1.82) is 0 Å². The second kappa shape index (κ2) is 14.2. The Kier molecular flexibility index (Phi) is 8.26. The molecular formula is C58H38. The maximum absolute atomic E-state index is 2.36. The monoisotopic (exact) mass is 734 g/mol. The predicted octanol–water partition coefficient (Wildman–Crippen LogP) is 16.3. The summed E-state index contributed by atoms with van der Waals surface area (Å²) < 4.78 is 0. The van der Waals surface area contributed by atoms with Crippen molar-refractivity contribution in [3.8, 4) is 66.8 Å². The van der Waals surface area contributed by atoms with Gasteiger partial charge >= 0.3 is 0 Å². The molecule has 0 aliphatic carbocycles. The Morgan fingerprint density at radius 2 is 0.517 bits per heavy atom. The standard InChI is InChI=1S/C58H38/c1-3-11-39(12-4-1)47-29-30-55(41-13-5-2-6-14-41)58(38-47)44-21-19-40(20-22-44)50-35-51(45-27-31-56-48(33-45)25-23-42-15-7-9-17-53(42)56)37-52(36-50)46-28-32-57-49(34-46)26-24-43-16-8-10-18-54(43)57/h1-38H. The predicted molar refractivity (Wildman–Crippen MR) is 249 cm³/mol. The lowest BCUT2D eigenvalue weighted by Gasteiger charge is -2.15. The summed E-state index contributed by atoms with van der Waals surface area (Å²) in [5.41, 5.74) is 14.5. The minimum Gasteiger partial charge on any atom is -0.0622 e. The van der Waals surface area contributed by atoms with Crippen LogP contribution in [0.2, 0.25) is 0 Å². The molecule has 0 unspecified atom stereocenters. The summed E-state index contributed by atoms with van der Waals surface area (Å²) >= 11 is 0. The van der Waals surface area contributed by atoms with Crippen LogP contribution in [0.5, 0.6) is 0 Å². The zero-order valence-electron chi connectivity index (χ0n) is 31.9. The van der Waals surface area contributed by atoms with Crippen molar-refractivity contribution in [3.05, 3.63) is 231 Å². The van der Waals surface area contributed by atoms with Gasteiger partial charge in [0.05, 0.1) is 0 Å². The van der Waals surface area contributed by atoms with E-state index in [0.29, 0.717) is 0 Å². The Hall–Kier alpha value is -7.54. The molecule has 0 radical (unpaired) electrons. The van der Waals surface area contributed by atoms with Crippen LogP contribution in [0.3, 0.4) is 0 Å². The van der Waals surface area contributed by atoms with E-state index in [4.69, 9.17) is 0 Å². The summed E-state index contributed by atoms with van der Waals surface area (Å²) in [5, 5.41) is 10.2. The SMILES string of the molecule is c1ccc(-c2ccc(-c3ccccc3)c(-c3ccc(-c4cc(-c5ccc6c(ccc7ccccc76)c5)cc(-c5ccc6c(ccc7ccccc76)c5)c4)cc3)c2)cc1. The summed E-state index contributed by atoms with van der Waals surface area (Å²) in [7, 11) is 0. The number of rotatable bonds is 6. The fraction of sp³-hybridized carbons (Fsp3) is 0. The molecule has 0 N–H and O–H groups in total. The van der Waals surface area contributed by atoms with E-state index >= 15 is 0 Å². The van der Waals surface area contributed by atoms with E-state index < -0.39 is 0 Å². The van der Waals surface area contributed by atoms with Gasteiger partial charge in [0.25, 0.3) is 0 Å². The van der Waals surface area contributed by atoms with Gasteiger partial charge in [0.2, 0.25) is 0 Å². The fourth-order valence-corrected chi connectivity index (χ4v) is 8.82. The maximum Gasteiger partial charge on any atom is -0.00992 e. The molecule has 0 aliphatic rings. The highest BCUT2D eigenvalue weighted by atomic mass is 14.2. The van der Waals surface area contributed by atoms with Crippen LogP contribution < -0.4 is 0 Å². The number of fused-ring (bicyclic) bond motifs is 6. The summed E-state index contributed by atoms with van der Waals surface area (Å²) in [4.78, 5) is 0. The Morgan fingerprint density at radius 1 is 0.155 bits per heavy atom. The minimum atomic E-state index is 1.19. The Balaban J connectivity index is 1.05. The summed E-state index contributed by atoms with van der Waals surface area (Å²) in [6.07, 6.45) is 0. The van der Waals surface area contributed by atoms with Gasteiger partial charge in [0, 0.05) is 0 Å². The van der Waals surface area contributed by atoms with Crippen LogP contribution in [0.4, 0.5) is 0 Å². The van der Waals surface area contributed by atoms with Crippen molar-refractivity contribution < 1.29 is 0 Å². The van der Waals surface area contributed by atoms with Crippen LogP contribution in [-0.2, 0) is 0 Å². The van der Waals surface area contributed by atoms with Crippen molar-refractivity contribution >= 4 is 43.1 Å². The molecule has 0 nitrogen and oxygen atoms in total. The largest absolute Gasteiger partial charge is 0.0622 e. The molecule has 0 heteroatoms. The van der Waals surface area contributed by atoms with Gasteiger partial charge < -0.3 is 0 Å². The first-order valence-corrected chi connectivity index (χ1v) is 20.1. The van der Waals surface area contributed by atoms with Crippen LogP contribution in [0.15, 0.2) is 231 Å². The second-order valence-corrected chi connectivity index (χ2v) is 15.3. The molecule has 0 fully saturated rings. The van der Waals surface area contributed by atoms with E-state index in [1.807, 2.05) is 0 Å². The van der Waals surface area contributed by atoms with Gasteiger partial charge in [-0.2, -0.15) is 0 Å². The maximum atomic E-state index is 2.36. The van der Waals surface area contributed by atoms with Crippen molar-refractivity contribution in [1.82, 2.24) is 0 Å². The molecule has 0 amide bonds. The molecule has 270 valence electrons. The van der Waals surface area contributed by atoms with Crippen LogP contribution in [0.25, 0.3) is 110 Å². The number of hydrogen-bond acceptors (Lipinski definition) is 0. The highest BCUT2D eigenvalue weighted by molar-refractivity contribution is 6.10. The van der Waals surface area contributed by atoms with Crippen molar-refractivity contribution in [2.45, 2.75) is 0 Å². The summed E-state index contributed by atoms with van der Waals surface area (Å²) in [6, 6.07) is 84.7. The minimum absolute atomic E-state index is 1.19. The summed E-state index contributed by atoms with van der Waals surface area (Å²) in [5.74, 6) is 0. The van der Waals surface area contributed by atoms with Gasteiger partial charge in [-0.3, -0.25) is 0 Å². The van der Waals surface area contributed by atoms with E-state index in [0.717, 1.165) is 0 Å². The number of benzene rings is 11. The lowest BCUT2D eigenvalue weighted by molar-refractivity contribution is 1.55. The second-order valence-electron chi connectivity index (χ2n) is 15.3. The van der Waals surface area contributed by atoms with Gasteiger partial charge in [-0.05, 0) is 146 Å². The van der Waals surface area contributed by atoms with Gasteiger partial charge in [0.1, 0.15) is 0 Å². The molecule has 0 aromatic heterocycles. The van der Waals surface area contributed by atoms with E-state index in [2.05, 4.69) is 231 Å². The third kappa shape index (κ3) is 6.13. The molecule has 0 atom stereocenters. The summed E-state index contributed by atoms with van der Waals surface area (Å²) in [6.45, 7) is 0. The van der Waals surface area contributed by atoms with E-state index in [-0.39, 0.29) is 0 Å². The first kappa shape index (κ1) is 33.8. The van der Waals surface area contributed by atoms with Crippen LogP contribution >= 0.6 is 0 Å². The molecule has 0 saturated carbocycles. The van der Waals surface area contributed by atoms with Crippen molar-refractivity contribution in [3.63, 3.8) is 0 Å². The van der Waals surface area contributed by atoms with Crippen LogP contribution in [0, 0.1) is 0 Å². The molecule has 0 spiro atoms. The van der Waals surface area contributed by atoms with E-state index in [1.54, 1.807) is 0 Å². The molecule has 0 bridgehead atoms. The van der Waals surface area contributed by atoms with Gasteiger partial charge in [0.15, 0.2) is 0 Å². The molecule has 58 heavy (non-hydrogen) atoms. The van der Waals surface area contributed by atoms with E-state index in [1.165, 1.54) is 110 Å². The number of hydrogen-bond donors (Lipinski definition) is 0. The van der Waals surface area contributed by atoms with Gasteiger partial charge in [-0.15, -0.1) is 0 Å². The third-order valence-corrected chi connectivity index (χ3v) is 11.8. The zero-order valence-corrected chi connectivity index (χ0v) is 31.9. The van der Waals surface area contributed by atoms with Gasteiger partial charge in [-0.25, -0.2) is 0 Å². The van der Waals surface area contributed by atoms with Gasteiger partial charge in [-0.1, -0.05) is 194 Å². The Bertz CT molecular complexity index is 3160. The Labute approximate surface area is 339 Å². The topological polar surface area (TPSA) is 0 Å². The quantitative estimate of drug-likeness (QED) is 0.149. The Morgan fingerprint density at radius 3 is 1.09 bits per heavy atom. The lowest BCUT2D eigenvalue weighted by Crippen LogP contribution is -1.89. The lowest BCUT2D eigenvalue weighted by atomic mass is 9.89. The average molecular weight is 735 g/mol. The first-order valence-electron chi connectivity index (χ1n) is 20.1. The van der Waals surface area contributed by atoms with Crippen LogP contribution in [-0.4, -0.2) is 0 Å². The molecule has 11 aromatic carbocycles. The molecule has 0 heterocycles. The molecule has 11 aromatic rings. The highest BCUT2D eigenvalue weighted by Crippen LogP contribution is 2.40. The van der Waals surface area contributed by atoms with Crippen molar-refractivity contribution in [2.24, 2.45) is 0 Å². The smallest absolute Gasteiger partial charge is 0.00992 e. The fourth-order valence-electron chi connectivity index (χ4n) is 8.82. The first-order chi connectivity index (χ1) is 28.7. The molecule has 0 saturated heterocycles. The zero-order chi connectivity index (χ0) is 38.4. The highest BCUT2D eigenvalue weighted by Gasteiger charge is 2.14. The average Bonchev–Trinajstić information content (AvgIpc) is 3.31. The van der Waals surface area contributed by atoms with Crippen molar-refractivity contribution in [2.75, 3.05) is 0 Å². The van der Waals surface area contributed by atoms with Crippen LogP contribution in [0.1, 0.15) is 0 Å². The molecule has 11 rings (SSSR count).